The van der Waals surface area contributed by atoms with E-state index in [4.69, 9.17) is 11.6 Å². The number of hydrogen-bond donors (Lipinski definition) is 1. The van der Waals surface area contributed by atoms with Crippen LogP contribution in [0.3, 0.4) is 0 Å². The first kappa shape index (κ1) is 13.5. The van der Waals surface area contributed by atoms with Gasteiger partial charge in [0.2, 0.25) is 0 Å². The van der Waals surface area contributed by atoms with Gasteiger partial charge in [0.15, 0.2) is 0 Å². The van der Waals surface area contributed by atoms with E-state index in [-0.39, 0.29) is 6.10 Å². The second kappa shape index (κ2) is 7.70. The van der Waals surface area contributed by atoms with Crippen molar-refractivity contribution < 1.29 is 5.11 Å². The Bertz CT molecular complexity index is 281. The van der Waals surface area contributed by atoms with Crippen LogP contribution in [0.25, 0.3) is 0 Å². The summed E-state index contributed by atoms with van der Waals surface area (Å²) < 4.78 is 0. The Kier molecular flexibility index (Phi) is 6.51. The van der Waals surface area contributed by atoms with Crippen LogP contribution < -0.4 is 0 Å². The number of aliphatic hydroxyl groups excluding tert-OH is 1. The minimum atomic E-state index is -0.151. The summed E-state index contributed by atoms with van der Waals surface area (Å²) in [5.74, 6) is 0. The lowest BCUT2D eigenvalue weighted by molar-refractivity contribution is 0.151. The Morgan fingerprint density at radius 3 is 2.44 bits per heavy atom. The van der Waals surface area contributed by atoms with Crippen LogP contribution in [0.1, 0.15) is 44.6 Å². The maximum Gasteiger partial charge on any atom is 0.0543 e. The molecule has 1 rings (SSSR count). The molecule has 0 bridgehead atoms. The zero-order chi connectivity index (χ0) is 11.8. The SMILES string of the molecule is CCCCCC(O)CCc1ccc(Cl)cc1. The molecular formula is C14H21ClO. The minimum absolute atomic E-state index is 0.151. The fraction of sp³-hybridized carbons (Fsp3) is 0.571. The van der Waals surface area contributed by atoms with Gasteiger partial charge in [-0.2, -0.15) is 0 Å². The molecule has 0 spiro atoms. The number of aliphatic hydroxyl groups is 1. The average Bonchev–Trinajstić information content (AvgIpc) is 2.29. The highest BCUT2D eigenvalue weighted by Crippen LogP contribution is 2.13. The summed E-state index contributed by atoms with van der Waals surface area (Å²) in [5, 5.41) is 10.5. The normalized spacial score (nSPS) is 12.7. The monoisotopic (exact) mass is 240 g/mol. The third-order valence-corrected chi connectivity index (χ3v) is 3.07. The third kappa shape index (κ3) is 5.53. The molecule has 0 radical (unpaired) electrons. The van der Waals surface area contributed by atoms with Crippen molar-refractivity contribution in [2.45, 2.75) is 51.6 Å². The van der Waals surface area contributed by atoms with Gasteiger partial charge < -0.3 is 5.11 Å². The lowest BCUT2D eigenvalue weighted by Gasteiger charge is -2.09. The second-order valence-corrected chi connectivity index (χ2v) is 4.75. The zero-order valence-electron chi connectivity index (χ0n) is 9.95. The molecule has 0 aliphatic rings. The quantitative estimate of drug-likeness (QED) is 0.708. The number of rotatable bonds is 7. The molecule has 0 heterocycles. The van der Waals surface area contributed by atoms with Gasteiger partial charge in [0.05, 0.1) is 6.10 Å². The maximum atomic E-state index is 9.77. The summed E-state index contributed by atoms with van der Waals surface area (Å²) >= 11 is 5.81. The average molecular weight is 241 g/mol. The summed E-state index contributed by atoms with van der Waals surface area (Å²) in [6, 6.07) is 7.86. The van der Waals surface area contributed by atoms with Crippen LogP contribution in [0, 0.1) is 0 Å². The summed E-state index contributed by atoms with van der Waals surface area (Å²) in [6.07, 6.45) is 6.14. The van der Waals surface area contributed by atoms with E-state index in [2.05, 4.69) is 6.92 Å². The van der Waals surface area contributed by atoms with Gasteiger partial charge in [-0.15, -0.1) is 0 Å². The van der Waals surface area contributed by atoms with Crippen LogP contribution in [0.15, 0.2) is 24.3 Å². The van der Waals surface area contributed by atoms with Crippen molar-refractivity contribution in [2.24, 2.45) is 0 Å². The molecule has 16 heavy (non-hydrogen) atoms. The molecule has 1 aromatic rings. The number of unbranched alkanes of at least 4 members (excludes halogenated alkanes) is 2. The van der Waals surface area contributed by atoms with Crippen molar-refractivity contribution in [3.05, 3.63) is 34.9 Å². The van der Waals surface area contributed by atoms with E-state index in [1.807, 2.05) is 24.3 Å². The highest BCUT2D eigenvalue weighted by Gasteiger charge is 2.04. The van der Waals surface area contributed by atoms with E-state index in [0.717, 1.165) is 30.7 Å². The van der Waals surface area contributed by atoms with Crippen LogP contribution in [-0.2, 0) is 6.42 Å². The van der Waals surface area contributed by atoms with Crippen molar-refractivity contribution in [1.82, 2.24) is 0 Å². The molecular weight excluding hydrogens is 220 g/mol. The zero-order valence-corrected chi connectivity index (χ0v) is 10.7. The summed E-state index contributed by atoms with van der Waals surface area (Å²) in [5.41, 5.74) is 1.25. The van der Waals surface area contributed by atoms with Crippen LogP contribution in [0.2, 0.25) is 5.02 Å². The molecule has 1 nitrogen and oxygen atoms in total. The first-order valence-corrected chi connectivity index (χ1v) is 6.52. The topological polar surface area (TPSA) is 20.2 Å². The Morgan fingerprint density at radius 1 is 1.12 bits per heavy atom. The predicted octanol–water partition coefficient (Wildman–Crippen LogP) is 4.21. The van der Waals surface area contributed by atoms with Crippen molar-refractivity contribution in [3.63, 3.8) is 0 Å². The molecule has 1 atom stereocenters. The molecule has 0 aliphatic carbocycles. The highest BCUT2D eigenvalue weighted by molar-refractivity contribution is 6.30. The number of hydrogen-bond acceptors (Lipinski definition) is 1. The molecule has 0 saturated heterocycles. The van der Waals surface area contributed by atoms with E-state index < -0.39 is 0 Å². The summed E-state index contributed by atoms with van der Waals surface area (Å²) in [7, 11) is 0. The first-order valence-electron chi connectivity index (χ1n) is 6.15. The summed E-state index contributed by atoms with van der Waals surface area (Å²) in [6.45, 7) is 2.18. The Hall–Kier alpha value is -0.530. The molecule has 0 aromatic heterocycles. The van der Waals surface area contributed by atoms with Gasteiger partial charge in [-0.3, -0.25) is 0 Å². The minimum Gasteiger partial charge on any atom is -0.393 e. The largest absolute Gasteiger partial charge is 0.393 e. The van der Waals surface area contributed by atoms with Gasteiger partial charge in [0.25, 0.3) is 0 Å². The second-order valence-electron chi connectivity index (χ2n) is 4.31. The molecule has 0 aliphatic heterocycles. The number of benzene rings is 1. The fourth-order valence-corrected chi connectivity index (χ4v) is 1.88. The molecule has 0 fully saturated rings. The Labute approximate surface area is 103 Å². The standard InChI is InChI=1S/C14H21ClO/c1-2-3-4-5-14(16)11-8-12-6-9-13(15)10-7-12/h6-7,9-10,14,16H,2-5,8,11H2,1H3. The maximum absolute atomic E-state index is 9.77. The summed E-state index contributed by atoms with van der Waals surface area (Å²) in [4.78, 5) is 0. The van der Waals surface area contributed by atoms with Crippen LogP contribution in [-0.4, -0.2) is 11.2 Å². The molecule has 1 N–H and O–H groups in total. The number of aryl methyl sites for hydroxylation is 1. The van der Waals surface area contributed by atoms with Gasteiger partial charge in [-0.05, 0) is 37.0 Å². The van der Waals surface area contributed by atoms with Crippen molar-refractivity contribution >= 4 is 11.6 Å². The van der Waals surface area contributed by atoms with E-state index >= 15 is 0 Å². The van der Waals surface area contributed by atoms with Gasteiger partial charge in [0, 0.05) is 5.02 Å². The van der Waals surface area contributed by atoms with Gasteiger partial charge in [-0.25, -0.2) is 0 Å². The lowest BCUT2D eigenvalue weighted by atomic mass is 10.0. The van der Waals surface area contributed by atoms with E-state index in [9.17, 15) is 5.11 Å². The highest BCUT2D eigenvalue weighted by atomic mass is 35.5. The first-order chi connectivity index (χ1) is 7.72. The van der Waals surface area contributed by atoms with Gasteiger partial charge in [0.1, 0.15) is 0 Å². The van der Waals surface area contributed by atoms with Crippen molar-refractivity contribution in [3.8, 4) is 0 Å². The van der Waals surface area contributed by atoms with Crippen LogP contribution in [0.4, 0.5) is 0 Å². The van der Waals surface area contributed by atoms with Crippen molar-refractivity contribution in [2.75, 3.05) is 0 Å². The molecule has 0 saturated carbocycles. The van der Waals surface area contributed by atoms with Crippen LogP contribution >= 0.6 is 11.6 Å². The fourth-order valence-electron chi connectivity index (χ4n) is 1.76. The van der Waals surface area contributed by atoms with E-state index in [1.54, 1.807) is 0 Å². The van der Waals surface area contributed by atoms with E-state index in [0.29, 0.717) is 0 Å². The Balaban J connectivity index is 2.20. The smallest absolute Gasteiger partial charge is 0.0543 e. The lowest BCUT2D eigenvalue weighted by Crippen LogP contribution is -2.07. The third-order valence-electron chi connectivity index (χ3n) is 2.82. The predicted molar refractivity (Wildman–Crippen MR) is 69.9 cm³/mol. The van der Waals surface area contributed by atoms with Crippen LogP contribution in [0.5, 0.6) is 0 Å². The number of halogens is 1. The van der Waals surface area contributed by atoms with Gasteiger partial charge in [-0.1, -0.05) is 49.9 Å². The molecule has 1 unspecified atom stereocenters. The van der Waals surface area contributed by atoms with E-state index in [1.165, 1.54) is 18.4 Å². The molecule has 0 amide bonds. The van der Waals surface area contributed by atoms with Gasteiger partial charge >= 0.3 is 0 Å². The molecule has 1 aromatic carbocycles. The molecule has 2 heteroatoms. The van der Waals surface area contributed by atoms with Crippen molar-refractivity contribution in [1.29, 1.82) is 0 Å². The Morgan fingerprint density at radius 2 is 1.81 bits per heavy atom. The molecule has 90 valence electrons.